The van der Waals surface area contributed by atoms with Gasteiger partial charge in [-0.05, 0) is 78.6 Å². The van der Waals surface area contributed by atoms with Gasteiger partial charge in [0.1, 0.15) is 11.6 Å². The maximum Gasteiger partial charge on any atom is 0.336 e. The Morgan fingerprint density at radius 3 is 2.27 bits per heavy atom. The summed E-state index contributed by atoms with van der Waals surface area (Å²) in [7, 11) is 0. The third-order valence-corrected chi connectivity index (χ3v) is 6.79. The van der Waals surface area contributed by atoms with Crippen LogP contribution in [0.4, 0.5) is 20.2 Å². The standard InChI is InChI=1S/C31H24F2N2O5/c32-19-8-11-22(24(15-19)18-5-2-1-3-6-18)29(37)34-21-10-12-23(25(17-21)31(39)40)30(38)35-14-4-7-28(36)26-16-20(33)9-13-27(26)35/h1-3,5-6,8-13,15-17,28,36H,4,7,14H2,(H,34,37)(H,39,40). The molecule has 1 atom stereocenters. The van der Waals surface area contributed by atoms with E-state index in [0.29, 0.717) is 29.7 Å². The molecule has 0 spiro atoms. The van der Waals surface area contributed by atoms with E-state index < -0.39 is 35.5 Å². The van der Waals surface area contributed by atoms with Crippen LogP contribution < -0.4 is 10.2 Å². The normalized spacial score (nSPS) is 14.7. The lowest BCUT2D eigenvalue weighted by atomic mass is 9.98. The number of anilines is 2. The molecule has 0 bridgehead atoms. The summed E-state index contributed by atoms with van der Waals surface area (Å²) in [6.45, 7) is 0.193. The van der Waals surface area contributed by atoms with Crippen LogP contribution in [0, 0.1) is 11.6 Å². The van der Waals surface area contributed by atoms with Gasteiger partial charge >= 0.3 is 5.97 Å². The zero-order valence-electron chi connectivity index (χ0n) is 21.1. The largest absolute Gasteiger partial charge is 0.478 e. The first-order valence-electron chi connectivity index (χ1n) is 12.6. The van der Waals surface area contributed by atoms with Crippen molar-refractivity contribution in [3.05, 3.63) is 119 Å². The van der Waals surface area contributed by atoms with Crippen LogP contribution in [0.2, 0.25) is 0 Å². The molecule has 4 aromatic carbocycles. The summed E-state index contributed by atoms with van der Waals surface area (Å²) in [5.41, 5.74) is 1.36. The van der Waals surface area contributed by atoms with Crippen LogP contribution in [0.25, 0.3) is 11.1 Å². The number of aromatic carboxylic acids is 1. The molecule has 2 amide bonds. The van der Waals surface area contributed by atoms with Crippen LogP contribution in [-0.2, 0) is 0 Å². The van der Waals surface area contributed by atoms with Gasteiger partial charge in [-0.25, -0.2) is 13.6 Å². The third-order valence-electron chi connectivity index (χ3n) is 6.79. The molecule has 5 rings (SSSR count). The highest BCUT2D eigenvalue weighted by molar-refractivity contribution is 6.14. The number of rotatable bonds is 5. The molecule has 7 nitrogen and oxygen atoms in total. The number of amides is 2. The van der Waals surface area contributed by atoms with Crippen LogP contribution in [-0.4, -0.2) is 34.5 Å². The monoisotopic (exact) mass is 542 g/mol. The molecule has 3 N–H and O–H groups in total. The van der Waals surface area contributed by atoms with Crippen molar-refractivity contribution in [2.45, 2.75) is 18.9 Å². The number of carbonyl (C=O) groups is 3. The van der Waals surface area contributed by atoms with Gasteiger partial charge in [-0.1, -0.05) is 30.3 Å². The van der Waals surface area contributed by atoms with E-state index in [9.17, 15) is 33.4 Å². The van der Waals surface area contributed by atoms with E-state index in [1.165, 1.54) is 53.4 Å². The molecule has 1 unspecified atom stereocenters. The summed E-state index contributed by atoms with van der Waals surface area (Å²) in [5.74, 6) is -3.69. The van der Waals surface area contributed by atoms with Crippen LogP contribution >= 0.6 is 0 Å². The number of carboxylic acids is 1. The summed E-state index contributed by atoms with van der Waals surface area (Å²) in [5, 5.41) is 23.0. The van der Waals surface area contributed by atoms with E-state index in [1.807, 2.05) is 0 Å². The highest BCUT2D eigenvalue weighted by Crippen LogP contribution is 2.35. The SMILES string of the molecule is O=C(O)c1cc(NC(=O)c2ccc(F)cc2-c2ccccc2)ccc1C(=O)N1CCCC(O)c2cc(F)ccc21. The Labute approximate surface area is 228 Å². The second-order valence-electron chi connectivity index (χ2n) is 9.39. The molecular formula is C31H24F2N2O5. The Hall–Kier alpha value is -4.89. The molecular weight excluding hydrogens is 518 g/mol. The highest BCUT2D eigenvalue weighted by Gasteiger charge is 2.29. The van der Waals surface area contributed by atoms with Crippen molar-refractivity contribution in [2.24, 2.45) is 0 Å². The number of aliphatic hydroxyl groups is 1. The number of nitrogens with zero attached hydrogens (tertiary/aromatic N) is 1. The Morgan fingerprint density at radius 2 is 1.52 bits per heavy atom. The van der Waals surface area contributed by atoms with Gasteiger partial charge in [0.15, 0.2) is 0 Å². The topological polar surface area (TPSA) is 107 Å². The van der Waals surface area contributed by atoms with Crippen molar-refractivity contribution in [3.63, 3.8) is 0 Å². The molecule has 4 aromatic rings. The fraction of sp³-hybridized carbons (Fsp3) is 0.129. The number of hydrogen-bond acceptors (Lipinski definition) is 4. The van der Waals surface area contributed by atoms with Crippen LogP contribution in [0.3, 0.4) is 0 Å². The van der Waals surface area contributed by atoms with Gasteiger partial charge < -0.3 is 20.4 Å². The summed E-state index contributed by atoms with van der Waals surface area (Å²) in [4.78, 5) is 40.3. The maximum absolute atomic E-state index is 14.0. The Morgan fingerprint density at radius 1 is 0.825 bits per heavy atom. The van der Waals surface area contributed by atoms with Crippen molar-refractivity contribution in [2.75, 3.05) is 16.8 Å². The van der Waals surface area contributed by atoms with Crippen LogP contribution in [0.1, 0.15) is 55.6 Å². The van der Waals surface area contributed by atoms with E-state index >= 15 is 0 Å². The molecule has 202 valence electrons. The zero-order chi connectivity index (χ0) is 28.4. The number of nitrogens with one attached hydrogen (secondary N) is 1. The van der Waals surface area contributed by atoms with E-state index in [4.69, 9.17) is 0 Å². The highest BCUT2D eigenvalue weighted by atomic mass is 19.1. The van der Waals surface area contributed by atoms with Gasteiger partial charge in [-0.3, -0.25) is 9.59 Å². The van der Waals surface area contributed by atoms with E-state index in [2.05, 4.69) is 5.32 Å². The Kier molecular flexibility index (Phi) is 7.39. The lowest BCUT2D eigenvalue weighted by Gasteiger charge is -2.24. The van der Waals surface area contributed by atoms with Gasteiger partial charge in [0.05, 0.1) is 17.2 Å². The van der Waals surface area contributed by atoms with Crippen LogP contribution in [0.15, 0.2) is 84.9 Å². The van der Waals surface area contributed by atoms with Crippen molar-refractivity contribution >= 4 is 29.2 Å². The fourth-order valence-electron chi connectivity index (χ4n) is 4.87. The van der Waals surface area contributed by atoms with Crippen LogP contribution in [0.5, 0.6) is 0 Å². The first-order chi connectivity index (χ1) is 19.2. The minimum atomic E-state index is -1.39. The average molecular weight is 543 g/mol. The van der Waals surface area contributed by atoms with E-state index in [0.717, 1.165) is 6.07 Å². The van der Waals surface area contributed by atoms with E-state index in [1.54, 1.807) is 30.3 Å². The predicted molar refractivity (Wildman–Crippen MR) is 145 cm³/mol. The third kappa shape index (κ3) is 5.32. The first-order valence-corrected chi connectivity index (χ1v) is 12.6. The van der Waals surface area contributed by atoms with Gasteiger partial charge in [0, 0.05) is 29.0 Å². The molecule has 1 aliphatic heterocycles. The lowest BCUT2D eigenvalue weighted by molar-refractivity contribution is 0.0691. The number of benzene rings is 4. The molecule has 1 aliphatic rings. The zero-order valence-corrected chi connectivity index (χ0v) is 21.1. The Bertz CT molecular complexity index is 1620. The van der Waals surface area contributed by atoms with Gasteiger partial charge in [0.25, 0.3) is 11.8 Å². The molecule has 0 saturated heterocycles. The Balaban J connectivity index is 1.47. The number of carboxylic acid groups (broad SMARTS) is 1. The fourth-order valence-corrected chi connectivity index (χ4v) is 4.87. The van der Waals surface area contributed by atoms with Gasteiger partial charge in [-0.2, -0.15) is 0 Å². The molecule has 0 saturated carbocycles. The van der Waals surface area contributed by atoms with Crippen molar-refractivity contribution in [3.8, 4) is 11.1 Å². The van der Waals surface area contributed by atoms with Gasteiger partial charge in [-0.15, -0.1) is 0 Å². The summed E-state index contributed by atoms with van der Waals surface area (Å²) in [6, 6.07) is 20.2. The van der Waals surface area contributed by atoms with Crippen molar-refractivity contribution in [1.29, 1.82) is 0 Å². The van der Waals surface area contributed by atoms with Crippen molar-refractivity contribution < 1.29 is 33.4 Å². The van der Waals surface area contributed by atoms with Crippen molar-refractivity contribution in [1.82, 2.24) is 0 Å². The quantitative estimate of drug-likeness (QED) is 0.284. The molecule has 1 heterocycles. The molecule has 0 aromatic heterocycles. The number of fused-ring (bicyclic) bond motifs is 1. The average Bonchev–Trinajstić information content (AvgIpc) is 3.11. The maximum atomic E-state index is 14.0. The van der Waals surface area contributed by atoms with E-state index in [-0.39, 0.29) is 34.5 Å². The number of hydrogen-bond donors (Lipinski definition) is 3. The first kappa shape index (κ1) is 26.7. The number of carbonyl (C=O) groups excluding carboxylic acids is 2. The summed E-state index contributed by atoms with van der Waals surface area (Å²) in [6.07, 6.45) is -0.237. The van der Waals surface area contributed by atoms with Gasteiger partial charge in [0.2, 0.25) is 0 Å². The smallest absolute Gasteiger partial charge is 0.336 e. The molecule has 40 heavy (non-hydrogen) atoms. The predicted octanol–water partition coefficient (Wildman–Crippen LogP) is 6.06. The molecule has 9 heteroatoms. The number of aliphatic hydroxyl groups excluding tert-OH is 1. The minimum Gasteiger partial charge on any atom is -0.478 e. The number of halogens is 2. The second-order valence-corrected chi connectivity index (χ2v) is 9.39. The summed E-state index contributed by atoms with van der Waals surface area (Å²) < 4.78 is 27.9. The molecule has 0 aliphatic carbocycles. The molecule has 0 radical (unpaired) electrons. The summed E-state index contributed by atoms with van der Waals surface area (Å²) >= 11 is 0. The molecule has 0 fully saturated rings. The lowest BCUT2D eigenvalue weighted by Crippen LogP contribution is -2.33. The second kappa shape index (κ2) is 11.1. The minimum absolute atomic E-state index is 0.121.